The van der Waals surface area contributed by atoms with Gasteiger partial charge >= 0.3 is 0 Å². The molecule has 2 aromatic carbocycles. The lowest BCUT2D eigenvalue weighted by molar-refractivity contribution is -0.384. The molecule has 8 nitrogen and oxygen atoms in total. The average Bonchev–Trinajstić information content (AvgIpc) is 2.60. The summed E-state index contributed by atoms with van der Waals surface area (Å²) in [5, 5.41) is 14.3. The van der Waals surface area contributed by atoms with Gasteiger partial charge in [-0.25, -0.2) is 13.1 Å². The number of nitro groups is 1. The van der Waals surface area contributed by atoms with Crippen molar-refractivity contribution in [1.29, 1.82) is 0 Å². The summed E-state index contributed by atoms with van der Waals surface area (Å²) in [6.45, 7) is 2.22. The standard InChI is InChI=1S/C17H21N3O5S/c1-13(12-25-2)19-26(23,24)15-8-9-16(17(10-15)20(21)22)18-11-14-6-4-3-5-7-14/h3-10,13,18-19H,11-12H2,1-2H3. The normalized spacial score (nSPS) is 12.5. The van der Waals surface area contributed by atoms with E-state index in [0.29, 0.717) is 6.54 Å². The summed E-state index contributed by atoms with van der Waals surface area (Å²) in [5.74, 6) is 0. The molecular formula is C17H21N3O5S. The largest absolute Gasteiger partial charge is 0.383 e. The Morgan fingerprint density at radius 1 is 1.19 bits per heavy atom. The highest BCUT2D eigenvalue weighted by molar-refractivity contribution is 7.89. The molecule has 140 valence electrons. The van der Waals surface area contributed by atoms with Gasteiger partial charge in [-0.15, -0.1) is 0 Å². The third-order valence-electron chi connectivity index (χ3n) is 3.57. The average molecular weight is 379 g/mol. The van der Waals surface area contributed by atoms with Crippen LogP contribution in [0, 0.1) is 10.1 Å². The van der Waals surface area contributed by atoms with Crippen LogP contribution in [0.25, 0.3) is 0 Å². The molecule has 0 aliphatic carbocycles. The van der Waals surface area contributed by atoms with Gasteiger partial charge in [-0.05, 0) is 24.6 Å². The van der Waals surface area contributed by atoms with Crippen LogP contribution in [-0.4, -0.2) is 33.1 Å². The van der Waals surface area contributed by atoms with Gasteiger partial charge in [0.2, 0.25) is 10.0 Å². The van der Waals surface area contributed by atoms with E-state index < -0.39 is 21.0 Å². The number of nitrogens with zero attached hydrogens (tertiary/aromatic N) is 1. The first-order valence-corrected chi connectivity index (χ1v) is 9.39. The molecule has 2 N–H and O–H groups in total. The molecule has 0 saturated heterocycles. The maximum atomic E-state index is 12.4. The van der Waals surface area contributed by atoms with Gasteiger partial charge < -0.3 is 10.1 Å². The quantitative estimate of drug-likeness (QED) is 0.512. The second kappa shape index (κ2) is 8.75. The van der Waals surface area contributed by atoms with E-state index in [-0.39, 0.29) is 22.9 Å². The summed E-state index contributed by atoms with van der Waals surface area (Å²) in [6, 6.07) is 12.7. The van der Waals surface area contributed by atoms with E-state index in [1.807, 2.05) is 30.3 Å². The number of methoxy groups -OCH3 is 1. The van der Waals surface area contributed by atoms with Gasteiger partial charge in [0.05, 0.1) is 16.4 Å². The first-order valence-electron chi connectivity index (χ1n) is 7.91. The lowest BCUT2D eigenvalue weighted by Crippen LogP contribution is -2.35. The van der Waals surface area contributed by atoms with E-state index in [2.05, 4.69) is 10.0 Å². The molecule has 2 aromatic rings. The molecule has 0 amide bonds. The highest BCUT2D eigenvalue weighted by Crippen LogP contribution is 2.28. The van der Waals surface area contributed by atoms with Crippen LogP contribution in [-0.2, 0) is 21.3 Å². The van der Waals surface area contributed by atoms with Gasteiger partial charge in [-0.2, -0.15) is 0 Å². The Kier molecular flexibility index (Phi) is 6.67. The van der Waals surface area contributed by atoms with Gasteiger partial charge in [0.1, 0.15) is 5.69 Å². The number of sulfonamides is 1. The predicted octanol–water partition coefficient (Wildman–Crippen LogP) is 2.52. The van der Waals surface area contributed by atoms with Crippen molar-refractivity contribution in [3.05, 3.63) is 64.2 Å². The van der Waals surface area contributed by atoms with Gasteiger partial charge in [0, 0.05) is 25.8 Å². The van der Waals surface area contributed by atoms with Crippen molar-refractivity contribution in [2.45, 2.75) is 24.4 Å². The van der Waals surface area contributed by atoms with Crippen molar-refractivity contribution in [1.82, 2.24) is 4.72 Å². The maximum Gasteiger partial charge on any atom is 0.293 e. The van der Waals surface area contributed by atoms with E-state index >= 15 is 0 Å². The van der Waals surface area contributed by atoms with Crippen molar-refractivity contribution < 1.29 is 18.1 Å². The molecule has 26 heavy (non-hydrogen) atoms. The number of hydrogen-bond donors (Lipinski definition) is 2. The highest BCUT2D eigenvalue weighted by Gasteiger charge is 2.22. The molecule has 0 bridgehead atoms. The Morgan fingerprint density at radius 2 is 1.88 bits per heavy atom. The minimum atomic E-state index is -3.88. The van der Waals surface area contributed by atoms with Crippen LogP contribution in [0.2, 0.25) is 0 Å². The molecule has 0 aliphatic rings. The van der Waals surface area contributed by atoms with E-state index in [9.17, 15) is 18.5 Å². The van der Waals surface area contributed by atoms with Crippen LogP contribution in [0.5, 0.6) is 0 Å². The van der Waals surface area contributed by atoms with Gasteiger partial charge in [0.25, 0.3) is 5.69 Å². The Balaban J connectivity index is 2.24. The van der Waals surface area contributed by atoms with E-state index in [0.717, 1.165) is 11.6 Å². The van der Waals surface area contributed by atoms with Crippen LogP contribution in [0.1, 0.15) is 12.5 Å². The Morgan fingerprint density at radius 3 is 2.50 bits per heavy atom. The molecule has 1 unspecified atom stereocenters. The lowest BCUT2D eigenvalue weighted by Gasteiger charge is -2.14. The maximum absolute atomic E-state index is 12.4. The number of hydrogen-bond acceptors (Lipinski definition) is 6. The highest BCUT2D eigenvalue weighted by atomic mass is 32.2. The van der Waals surface area contributed by atoms with Crippen molar-refractivity contribution >= 4 is 21.4 Å². The van der Waals surface area contributed by atoms with Crippen LogP contribution in [0.3, 0.4) is 0 Å². The monoisotopic (exact) mass is 379 g/mol. The van der Waals surface area contributed by atoms with Gasteiger partial charge in [-0.3, -0.25) is 10.1 Å². The molecule has 0 saturated carbocycles. The molecule has 1 atom stereocenters. The van der Waals surface area contributed by atoms with Crippen LogP contribution < -0.4 is 10.0 Å². The molecule has 0 heterocycles. The number of nitrogens with one attached hydrogen (secondary N) is 2. The summed E-state index contributed by atoms with van der Waals surface area (Å²) in [7, 11) is -2.42. The van der Waals surface area contributed by atoms with E-state index in [4.69, 9.17) is 4.74 Å². The fourth-order valence-electron chi connectivity index (χ4n) is 2.39. The molecular weight excluding hydrogens is 358 g/mol. The lowest BCUT2D eigenvalue weighted by atomic mass is 10.2. The number of anilines is 1. The van der Waals surface area contributed by atoms with Crippen molar-refractivity contribution in [2.24, 2.45) is 0 Å². The molecule has 0 spiro atoms. The molecule has 0 radical (unpaired) electrons. The van der Waals surface area contributed by atoms with Crippen LogP contribution in [0.4, 0.5) is 11.4 Å². The zero-order chi connectivity index (χ0) is 19.2. The Bertz CT molecular complexity index is 856. The molecule has 0 fully saturated rings. The third-order valence-corrected chi connectivity index (χ3v) is 5.16. The first kappa shape index (κ1) is 19.8. The minimum Gasteiger partial charge on any atom is -0.383 e. The summed E-state index contributed by atoms with van der Waals surface area (Å²) in [6.07, 6.45) is 0. The summed E-state index contributed by atoms with van der Waals surface area (Å²) < 4.78 is 32.1. The van der Waals surface area contributed by atoms with Crippen molar-refractivity contribution in [3.8, 4) is 0 Å². The van der Waals surface area contributed by atoms with Crippen molar-refractivity contribution in [3.63, 3.8) is 0 Å². The SMILES string of the molecule is COCC(C)NS(=O)(=O)c1ccc(NCc2ccccc2)c([N+](=O)[O-])c1. The molecule has 0 aromatic heterocycles. The van der Waals surface area contributed by atoms with Gasteiger partial charge in [0.15, 0.2) is 0 Å². The van der Waals surface area contributed by atoms with Crippen LogP contribution >= 0.6 is 0 Å². The van der Waals surface area contributed by atoms with Gasteiger partial charge in [-0.1, -0.05) is 30.3 Å². The fraction of sp³-hybridized carbons (Fsp3) is 0.294. The van der Waals surface area contributed by atoms with Crippen molar-refractivity contribution in [2.75, 3.05) is 19.0 Å². The number of ether oxygens (including phenoxy) is 1. The van der Waals surface area contributed by atoms with E-state index in [1.54, 1.807) is 6.92 Å². The first-order chi connectivity index (χ1) is 12.3. The van der Waals surface area contributed by atoms with E-state index in [1.165, 1.54) is 19.2 Å². The minimum absolute atomic E-state index is 0.169. The second-order valence-electron chi connectivity index (χ2n) is 5.75. The third kappa shape index (κ3) is 5.25. The number of benzene rings is 2. The number of rotatable bonds is 9. The molecule has 9 heteroatoms. The predicted molar refractivity (Wildman–Crippen MR) is 98.5 cm³/mol. The topological polar surface area (TPSA) is 111 Å². The number of nitro benzene ring substituents is 1. The smallest absolute Gasteiger partial charge is 0.293 e. The summed E-state index contributed by atoms with van der Waals surface area (Å²) >= 11 is 0. The summed E-state index contributed by atoms with van der Waals surface area (Å²) in [5.41, 5.74) is 0.902. The zero-order valence-corrected chi connectivity index (χ0v) is 15.3. The fourth-order valence-corrected chi connectivity index (χ4v) is 3.64. The Hall–Kier alpha value is -2.49. The second-order valence-corrected chi connectivity index (χ2v) is 7.47. The molecule has 2 rings (SSSR count). The zero-order valence-electron chi connectivity index (χ0n) is 14.5. The molecule has 0 aliphatic heterocycles. The van der Waals surface area contributed by atoms with Crippen LogP contribution in [0.15, 0.2) is 53.4 Å². The Labute approximate surface area is 152 Å². The summed E-state index contributed by atoms with van der Waals surface area (Å²) in [4.78, 5) is 10.6.